The molecule has 0 saturated carbocycles. The topological polar surface area (TPSA) is 38.0 Å². The van der Waals surface area contributed by atoms with Crippen molar-refractivity contribution in [3.8, 4) is 0 Å². The molecule has 0 aliphatic carbocycles. The predicted octanol–water partition coefficient (Wildman–Crippen LogP) is 5.08. The Morgan fingerprint density at radius 1 is 1.21 bits per heavy atom. The number of unbranched alkanes of at least 4 members (excludes halogenated alkanes) is 3. The number of hydrogen-bond acceptors (Lipinski definition) is 2. The predicted molar refractivity (Wildman–Crippen MR) is 82.2 cm³/mol. The molecule has 3 N–H and O–H groups in total. The molecule has 0 radical (unpaired) electrons. The molecule has 1 aromatic rings. The molecule has 0 fully saturated rings. The lowest BCUT2D eigenvalue weighted by Crippen LogP contribution is -2.04. The minimum Gasteiger partial charge on any atom is -0.397 e. The van der Waals surface area contributed by atoms with Crippen molar-refractivity contribution in [1.82, 2.24) is 0 Å². The number of hydrogen-bond donors (Lipinski definition) is 2. The maximum atomic E-state index is 13.1. The van der Waals surface area contributed by atoms with Crippen molar-refractivity contribution < 1.29 is 4.39 Å². The van der Waals surface area contributed by atoms with E-state index in [0.717, 1.165) is 18.9 Å². The number of rotatable bonds is 8. The van der Waals surface area contributed by atoms with Gasteiger partial charge in [0, 0.05) is 12.6 Å². The van der Waals surface area contributed by atoms with Gasteiger partial charge in [0.05, 0.1) is 16.4 Å². The fourth-order valence-electron chi connectivity index (χ4n) is 1.97. The summed E-state index contributed by atoms with van der Waals surface area (Å²) < 4.78 is 13.1. The lowest BCUT2D eigenvalue weighted by atomic mass is 10.0. The van der Waals surface area contributed by atoms with Gasteiger partial charge < -0.3 is 11.1 Å². The second kappa shape index (κ2) is 8.26. The van der Waals surface area contributed by atoms with E-state index in [0.29, 0.717) is 11.4 Å². The largest absolute Gasteiger partial charge is 0.397 e. The van der Waals surface area contributed by atoms with Crippen LogP contribution in [0, 0.1) is 11.7 Å². The van der Waals surface area contributed by atoms with Gasteiger partial charge in [-0.1, -0.05) is 51.1 Å². The number of nitrogens with two attached hydrogens (primary N) is 1. The van der Waals surface area contributed by atoms with E-state index in [1.165, 1.54) is 31.7 Å². The van der Waals surface area contributed by atoms with E-state index in [9.17, 15) is 4.39 Å². The van der Waals surface area contributed by atoms with Crippen molar-refractivity contribution in [2.24, 2.45) is 5.92 Å². The molecule has 0 spiro atoms. The Hall–Kier alpha value is -0.960. The molecular weight excluding hydrogens is 263 g/mol. The zero-order valence-corrected chi connectivity index (χ0v) is 12.6. The zero-order chi connectivity index (χ0) is 14.3. The van der Waals surface area contributed by atoms with Gasteiger partial charge in [-0.15, -0.1) is 0 Å². The Bertz CT molecular complexity index is 394. The number of benzene rings is 1. The lowest BCUT2D eigenvalue weighted by Gasteiger charge is -2.10. The Morgan fingerprint density at radius 2 is 1.89 bits per heavy atom. The summed E-state index contributed by atoms with van der Waals surface area (Å²) in [6, 6.07) is 2.80. The standard InChI is InChI=1S/C15H24ClFN2/c1-11(2)7-5-3-4-6-8-19-15-9-12(16)13(17)10-14(15)18/h9-11,19H,3-8,18H2,1-2H3. The molecule has 108 valence electrons. The molecule has 1 aromatic carbocycles. The Morgan fingerprint density at radius 3 is 2.58 bits per heavy atom. The van der Waals surface area contributed by atoms with Gasteiger partial charge in [0.2, 0.25) is 0 Å². The van der Waals surface area contributed by atoms with Crippen LogP contribution in [0.2, 0.25) is 5.02 Å². The normalized spacial score (nSPS) is 11.0. The first-order valence-electron chi connectivity index (χ1n) is 6.99. The summed E-state index contributed by atoms with van der Waals surface area (Å²) in [4.78, 5) is 0. The zero-order valence-electron chi connectivity index (χ0n) is 11.8. The summed E-state index contributed by atoms with van der Waals surface area (Å²) in [7, 11) is 0. The van der Waals surface area contributed by atoms with Crippen LogP contribution in [0.4, 0.5) is 15.8 Å². The van der Waals surface area contributed by atoms with E-state index in [-0.39, 0.29) is 5.02 Å². The highest BCUT2D eigenvalue weighted by Gasteiger charge is 2.05. The minimum atomic E-state index is -0.474. The van der Waals surface area contributed by atoms with Crippen molar-refractivity contribution in [2.45, 2.75) is 46.0 Å². The molecule has 0 unspecified atom stereocenters. The van der Waals surface area contributed by atoms with Crippen molar-refractivity contribution >= 4 is 23.0 Å². The van der Waals surface area contributed by atoms with Gasteiger partial charge >= 0.3 is 0 Å². The van der Waals surface area contributed by atoms with Gasteiger partial charge in [-0.05, 0) is 18.4 Å². The number of nitrogen functional groups attached to an aromatic ring is 1. The van der Waals surface area contributed by atoms with Crippen LogP contribution in [0.3, 0.4) is 0 Å². The SMILES string of the molecule is CC(C)CCCCCCNc1cc(Cl)c(F)cc1N. The summed E-state index contributed by atoms with van der Waals surface area (Å²) in [5.74, 6) is 0.317. The highest BCUT2D eigenvalue weighted by Crippen LogP contribution is 2.26. The van der Waals surface area contributed by atoms with Crippen LogP contribution >= 0.6 is 11.6 Å². The Balaban J connectivity index is 2.21. The van der Waals surface area contributed by atoms with Crippen LogP contribution < -0.4 is 11.1 Å². The van der Waals surface area contributed by atoms with E-state index >= 15 is 0 Å². The first-order chi connectivity index (χ1) is 9.00. The van der Waals surface area contributed by atoms with E-state index in [1.54, 1.807) is 6.07 Å². The van der Waals surface area contributed by atoms with Crippen molar-refractivity contribution in [3.63, 3.8) is 0 Å². The van der Waals surface area contributed by atoms with Gasteiger partial charge in [-0.3, -0.25) is 0 Å². The first kappa shape index (κ1) is 16.1. The molecule has 0 aliphatic heterocycles. The highest BCUT2D eigenvalue weighted by atomic mass is 35.5. The molecule has 0 saturated heterocycles. The number of halogens is 2. The fourth-order valence-corrected chi connectivity index (χ4v) is 2.13. The molecule has 0 aromatic heterocycles. The molecule has 1 rings (SSSR count). The molecule has 0 amide bonds. The average molecular weight is 287 g/mol. The second-order valence-electron chi connectivity index (χ2n) is 5.38. The quantitative estimate of drug-likeness (QED) is 0.516. The van der Waals surface area contributed by atoms with Crippen LogP contribution in [0.5, 0.6) is 0 Å². The molecule has 0 heterocycles. The van der Waals surface area contributed by atoms with Gasteiger partial charge in [0.1, 0.15) is 5.82 Å². The molecule has 0 atom stereocenters. The van der Waals surface area contributed by atoms with E-state index in [2.05, 4.69) is 19.2 Å². The number of nitrogens with one attached hydrogen (secondary N) is 1. The average Bonchev–Trinajstić information content (AvgIpc) is 2.33. The van der Waals surface area contributed by atoms with Crippen LogP contribution in [-0.4, -0.2) is 6.54 Å². The maximum Gasteiger partial charge on any atom is 0.143 e. The molecule has 0 bridgehead atoms. The maximum absolute atomic E-state index is 13.1. The molecule has 2 nitrogen and oxygen atoms in total. The van der Waals surface area contributed by atoms with Gasteiger partial charge in [-0.2, -0.15) is 0 Å². The first-order valence-corrected chi connectivity index (χ1v) is 7.37. The lowest BCUT2D eigenvalue weighted by molar-refractivity contribution is 0.523. The molecule has 19 heavy (non-hydrogen) atoms. The summed E-state index contributed by atoms with van der Waals surface area (Å²) in [5.41, 5.74) is 6.85. The molecule has 0 aliphatic rings. The second-order valence-corrected chi connectivity index (χ2v) is 5.78. The van der Waals surface area contributed by atoms with Gasteiger partial charge in [-0.25, -0.2) is 4.39 Å². The third-order valence-electron chi connectivity index (χ3n) is 3.12. The third-order valence-corrected chi connectivity index (χ3v) is 3.41. The monoisotopic (exact) mass is 286 g/mol. The van der Waals surface area contributed by atoms with Crippen molar-refractivity contribution in [1.29, 1.82) is 0 Å². The summed E-state index contributed by atoms with van der Waals surface area (Å²) in [6.45, 7) is 5.35. The van der Waals surface area contributed by atoms with E-state index in [1.807, 2.05) is 0 Å². The van der Waals surface area contributed by atoms with Gasteiger partial charge in [0.15, 0.2) is 0 Å². The summed E-state index contributed by atoms with van der Waals surface area (Å²) >= 11 is 5.73. The van der Waals surface area contributed by atoms with Crippen molar-refractivity contribution in [2.75, 3.05) is 17.6 Å². The van der Waals surface area contributed by atoms with Crippen LogP contribution in [-0.2, 0) is 0 Å². The van der Waals surface area contributed by atoms with Crippen molar-refractivity contribution in [3.05, 3.63) is 23.0 Å². The van der Waals surface area contributed by atoms with Crippen LogP contribution in [0.15, 0.2) is 12.1 Å². The molecular formula is C15H24ClFN2. The number of anilines is 2. The minimum absolute atomic E-state index is 0.105. The summed E-state index contributed by atoms with van der Waals surface area (Å²) in [5, 5.41) is 3.31. The Labute approximate surface area is 120 Å². The highest BCUT2D eigenvalue weighted by molar-refractivity contribution is 6.31. The van der Waals surface area contributed by atoms with E-state index < -0.39 is 5.82 Å². The van der Waals surface area contributed by atoms with Crippen LogP contribution in [0.1, 0.15) is 46.0 Å². The third kappa shape index (κ3) is 6.15. The van der Waals surface area contributed by atoms with E-state index in [4.69, 9.17) is 17.3 Å². The fraction of sp³-hybridized carbons (Fsp3) is 0.600. The Kier molecular flexibility index (Phi) is 7.00. The van der Waals surface area contributed by atoms with Crippen LogP contribution in [0.25, 0.3) is 0 Å². The summed E-state index contributed by atoms with van der Waals surface area (Å²) in [6.07, 6.45) is 6.15. The van der Waals surface area contributed by atoms with Gasteiger partial charge in [0.25, 0.3) is 0 Å². The molecule has 4 heteroatoms. The smallest absolute Gasteiger partial charge is 0.143 e.